The largest absolute Gasteiger partial charge is 0.327 e. The summed E-state index contributed by atoms with van der Waals surface area (Å²) in [5.41, 5.74) is 3.76. The second kappa shape index (κ2) is 5.19. The van der Waals surface area contributed by atoms with Gasteiger partial charge >= 0.3 is 0 Å². The molecule has 1 N–H and O–H groups in total. The molecule has 0 aliphatic heterocycles. The number of hydrogen-bond acceptors (Lipinski definition) is 2. The molecule has 0 radical (unpaired) electrons. The number of nitrogens with zero attached hydrogens (tertiary/aromatic N) is 2. The summed E-state index contributed by atoms with van der Waals surface area (Å²) in [5, 5.41) is 0. The van der Waals surface area contributed by atoms with Gasteiger partial charge < -0.3 is 4.98 Å². The molecular formula is C15H25N3O. The molecule has 0 saturated heterocycles. The minimum Gasteiger partial charge on any atom is -0.327 e. The molecule has 2 rings (SSSR count). The lowest BCUT2D eigenvalue weighted by Crippen LogP contribution is -2.24. The van der Waals surface area contributed by atoms with Crippen LogP contribution in [0.25, 0.3) is 5.78 Å². The predicted molar refractivity (Wildman–Crippen MR) is 80.2 cm³/mol. The maximum atomic E-state index is 12.6. The summed E-state index contributed by atoms with van der Waals surface area (Å²) in [4.78, 5) is 20.5. The van der Waals surface area contributed by atoms with Gasteiger partial charge in [0.2, 0.25) is 5.78 Å². The van der Waals surface area contributed by atoms with Crippen molar-refractivity contribution in [3.63, 3.8) is 0 Å². The SMILES string of the molecule is C.Cc1[nH]c2nc(C(C)C)c(C(C)C)c(=O)n2c1C. The van der Waals surface area contributed by atoms with Crippen LogP contribution in [0.5, 0.6) is 0 Å². The molecule has 4 nitrogen and oxygen atoms in total. The summed E-state index contributed by atoms with van der Waals surface area (Å²) < 4.78 is 1.69. The molecule has 106 valence electrons. The Morgan fingerprint density at radius 2 is 1.68 bits per heavy atom. The van der Waals surface area contributed by atoms with Gasteiger partial charge in [-0.15, -0.1) is 0 Å². The number of aromatic amines is 1. The maximum absolute atomic E-state index is 12.6. The Hall–Kier alpha value is -1.58. The van der Waals surface area contributed by atoms with Gasteiger partial charge in [0.05, 0.1) is 5.69 Å². The van der Waals surface area contributed by atoms with E-state index in [-0.39, 0.29) is 24.8 Å². The number of imidazole rings is 1. The van der Waals surface area contributed by atoms with Crippen LogP contribution in [0.4, 0.5) is 0 Å². The Balaban J connectivity index is 0.00000180. The van der Waals surface area contributed by atoms with Crippen molar-refractivity contribution in [3.05, 3.63) is 33.0 Å². The summed E-state index contributed by atoms with van der Waals surface area (Å²) in [7, 11) is 0. The van der Waals surface area contributed by atoms with E-state index in [9.17, 15) is 4.79 Å². The Bertz CT molecular complexity index is 647. The van der Waals surface area contributed by atoms with E-state index in [0.717, 1.165) is 22.6 Å². The quantitative estimate of drug-likeness (QED) is 0.901. The number of H-pyrrole nitrogens is 1. The zero-order valence-electron chi connectivity index (χ0n) is 12.0. The van der Waals surface area contributed by atoms with Crippen molar-refractivity contribution >= 4 is 5.78 Å². The van der Waals surface area contributed by atoms with E-state index in [1.165, 1.54) is 0 Å². The molecule has 0 bridgehead atoms. The van der Waals surface area contributed by atoms with Gasteiger partial charge in [-0.2, -0.15) is 0 Å². The van der Waals surface area contributed by atoms with Crippen molar-refractivity contribution in [1.82, 2.24) is 14.4 Å². The number of hydrogen-bond donors (Lipinski definition) is 1. The molecule has 0 spiro atoms. The first-order valence-corrected chi connectivity index (χ1v) is 6.46. The van der Waals surface area contributed by atoms with E-state index >= 15 is 0 Å². The molecular weight excluding hydrogens is 238 g/mol. The van der Waals surface area contributed by atoms with Gasteiger partial charge in [0.1, 0.15) is 0 Å². The number of rotatable bonds is 2. The molecule has 0 fully saturated rings. The molecule has 0 aliphatic carbocycles. The second-order valence-corrected chi connectivity index (χ2v) is 5.52. The fourth-order valence-corrected chi connectivity index (χ4v) is 2.35. The second-order valence-electron chi connectivity index (χ2n) is 5.52. The van der Waals surface area contributed by atoms with Gasteiger partial charge in [0.15, 0.2) is 0 Å². The molecule has 0 amide bonds. The van der Waals surface area contributed by atoms with E-state index in [1.807, 2.05) is 27.7 Å². The van der Waals surface area contributed by atoms with Gasteiger partial charge in [-0.05, 0) is 25.7 Å². The Kier molecular flexibility index (Phi) is 4.23. The van der Waals surface area contributed by atoms with Crippen molar-refractivity contribution in [2.45, 2.75) is 60.8 Å². The summed E-state index contributed by atoms with van der Waals surface area (Å²) in [6, 6.07) is 0. The highest BCUT2D eigenvalue weighted by Gasteiger charge is 2.20. The minimum absolute atomic E-state index is 0. The van der Waals surface area contributed by atoms with Gasteiger partial charge in [-0.3, -0.25) is 4.79 Å². The van der Waals surface area contributed by atoms with Crippen molar-refractivity contribution in [2.24, 2.45) is 0 Å². The van der Waals surface area contributed by atoms with Crippen molar-refractivity contribution < 1.29 is 0 Å². The van der Waals surface area contributed by atoms with Crippen LogP contribution in [0.2, 0.25) is 0 Å². The number of fused-ring (bicyclic) bond motifs is 1. The Morgan fingerprint density at radius 3 is 2.16 bits per heavy atom. The Morgan fingerprint density at radius 1 is 1.11 bits per heavy atom. The fourth-order valence-electron chi connectivity index (χ4n) is 2.35. The normalized spacial score (nSPS) is 11.4. The molecule has 0 atom stereocenters. The molecule has 2 aromatic rings. The first-order valence-electron chi connectivity index (χ1n) is 6.46. The molecule has 0 saturated carbocycles. The molecule has 4 heteroatoms. The number of aromatic nitrogens is 3. The summed E-state index contributed by atoms with van der Waals surface area (Å²) >= 11 is 0. The van der Waals surface area contributed by atoms with Crippen LogP contribution in [0, 0.1) is 13.8 Å². The lowest BCUT2D eigenvalue weighted by Gasteiger charge is -2.14. The fraction of sp³-hybridized carbons (Fsp3) is 0.600. The van der Waals surface area contributed by atoms with E-state index in [2.05, 4.69) is 23.8 Å². The lowest BCUT2D eigenvalue weighted by molar-refractivity contribution is 0.733. The standard InChI is InChI=1S/C14H21N3O.CH4/c1-7(2)11-12(8(3)4)16-14-15-9(5)10(6)17(14)13(11)18;/h7-8H,1-6H3,(H,15,16);1H4. The van der Waals surface area contributed by atoms with Crippen molar-refractivity contribution in [1.29, 1.82) is 0 Å². The molecule has 19 heavy (non-hydrogen) atoms. The van der Waals surface area contributed by atoms with Crippen LogP contribution in [0.1, 0.15) is 69.6 Å². The molecule has 0 unspecified atom stereocenters. The van der Waals surface area contributed by atoms with Crippen molar-refractivity contribution in [3.8, 4) is 0 Å². The highest BCUT2D eigenvalue weighted by molar-refractivity contribution is 5.40. The van der Waals surface area contributed by atoms with Crippen LogP contribution in [0.3, 0.4) is 0 Å². The van der Waals surface area contributed by atoms with Crippen LogP contribution < -0.4 is 5.56 Å². The van der Waals surface area contributed by atoms with Gasteiger partial charge in [-0.1, -0.05) is 35.1 Å². The summed E-state index contributed by atoms with van der Waals surface area (Å²) in [6.45, 7) is 12.2. The first-order chi connectivity index (χ1) is 8.34. The highest BCUT2D eigenvalue weighted by Crippen LogP contribution is 2.22. The van der Waals surface area contributed by atoms with Gasteiger partial charge in [0.25, 0.3) is 5.56 Å². The van der Waals surface area contributed by atoms with Gasteiger partial charge in [0, 0.05) is 17.0 Å². The summed E-state index contributed by atoms with van der Waals surface area (Å²) in [5.74, 6) is 1.10. The van der Waals surface area contributed by atoms with Crippen LogP contribution >= 0.6 is 0 Å². The molecule has 2 heterocycles. The van der Waals surface area contributed by atoms with E-state index in [4.69, 9.17) is 0 Å². The number of aryl methyl sites for hydroxylation is 2. The molecule has 0 aromatic carbocycles. The third kappa shape index (κ3) is 2.31. The monoisotopic (exact) mass is 263 g/mol. The van der Waals surface area contributed by atoms with Crippen LogP contribution in [0.15, 0.2) is 4.79 Å². The average Bonchev–Trinajstić information content (AvgIpc) is 2.54. The zero-order valence-corrected chi connectivity index (χ0v) is 12.0. The minimum atomic E-state index is 0. The first kappa shape index (κ1) is 15.5. The predicted octanol–water partition coefficient (Wildman–Crippen LogP) is 3.52. The van der Waals surface area contributed by atoms with E-state index in [1.54, 1.807) is 4.40 Å². The van der Waals surface area contributed by atoms with Crippen molar-refractivity contribution in [2.75, 3.05) is 0 Å². The topological polar surface area (TPSA) is 50.2 Å². The Labute approximate surface area is 114 Å². The van der Waals surface area contributed by atoms with Crippen LogP contribution in [-0.4, -0.2) is 14.4 Å². The maximum Gasteiger partial charge on any atom is 0.263 e. The third-order valence-corrected chi connectivity index (χ3v) is 3.45. The van der Waals surface area contributed by atoms with E-state index in [0.29, 0.717) is 5.78 Å². The van der Waals surface area contributed by atoms with Gasteiger partial charge in [-0.25, -0.2) is 9.38 Å². The number of nitrogens with one attached hydrogen (secondary N) is 1. The molecule has 0 aliphatic rings. The smallest absolute Gasteiger partial charge is 0.263 e. The molecule has 2 aromatic heterocycles. The zero-order chi connectivity index (χ0) is 13.6. The van der Waals surface area contributed by atoms with E-state index < -0.39 is 0 Å². The van der Waals surface area contributed by atoms with Crippen LogP contribution in [-0.2, 0) is 0 Å². The summed E-state index contributed by atoms with van der Waals surface area (Å²) in [6.07, 6.45) is 0. The third-order valence-electron chi connectivity index (χ3n) is 3.45. The highest BCUT2D eigenvalue weighted by atomic mass is 16.1. The lowest BCUT2D eigenvalue weighted by atomic mass is 9.96. The average molecular weight is 263 g/mol.